The van der Waals surface area contributed by atoms with Crippen LogP contribution in [0.4, 0.5) is 0 Å². The number of nitrogens with one attached hydrogen (secondary N) is 1. The first-order valence-corrected chi connectivity index (χ1v) is 7.10. The molecule has 0 aliphatic heterocycles. The lowest BCUT2D eigenvalue weighted by molar-refractivity contribution is 0.411. The van der Waals surface area contributed by atoms with Gasteiger partial charge < -0.3 is 4.90 Å². The first-order chi connectivity index (χ1) is 9.19. The summed E-state index contributed by atoms with van der Waals surface area (Å²) in [7, 11) is 0. The Kier molecular flexibility index (Phi) is 7.03. The third-order valence-electron chi connectivity index (χ3n) is 2.63. The summed E-state index contributed by atoms with van der Waals surface area (Å²) in [5, 5.41) is 4.98. The minimum Gasteiger partial charge on any atom is -0.348 e. The smallest absolute Gasteiger partial charge is 0.189 e. The van der Waals surface area contributed by atoms with Gasteiger partial charge >= 0.3 is 0 Å². The zero-order valence-electron chi connectivity index (χ0n) is 11.9. The molecule has 0 fully saturated rings. The summed E-state index contributed by atoms with van der Waals surface area (Å²) in [5.41, 5.74) is 4.64. The lowest BCUT2D eigenvalue weighted by Crippen LogP contribution is -2.38. The van der Waals surface area contributed by atoms with Crippen LogP contribution in [0.15, 0.2) is 29.5 Å². The number of rotatable bonds is 6. The first kappa shape index (κ1) is 15.6. The van der Waals surface area contributed by atoms with E-state index in [1.807, 2.05) is 25.1 Å². The molecule has 0 saturated carbocycles. The van der Waals surface area contributed by atoms with Gasteiger partial charge in [0.15, 0.2) is 5.11 Å². The summed E-state index contributed by atoms with van der Waals surface area (Å²) in [6, 6.07) is 5.76. The molecule has 0 aliphatic carbocycles. The fourth-order valence-electron chi connectivity index (χ4n) is 1.69. The molecule has 19 heavy (non-hydrogen) atoms. The van der Waals surface area contributed by atoms with E-state index in [4.69, 9.17) is 12.2 Å². The van der Waals surface area contributed by atoms with Crippen LogP contribution in [0.25, 0.3) is 0 Å². The number of pyridine rings is 1. The summed E-state index contributed by atoms with van der Waals surface area (Å²) in [6.07, 6.45) is 3.91. The predicted molar refractivity (Wildman–Crippen MR) is 84.3 cm³/mol. The van der Waals surface area contributed by atoms with Crippen molar-refractivity contribution < 1.29 is 0 Å². The Morgan fingerprint density at radius 3 is 2.53 bits per heavy atom. The second-order valence-electron chi connectivity index (χ2n) is 4.32. The first-order valence-electron chi connectivity index (χ1n) is 6.69. The normalized spacial score (nSPS) is 11.2. The second-order valence-corrected chi connectivity index (χ2v) is 4.70. The van der Waals surface area contributed by atoms with Crippen molar-refractivity contribution in [2.75, 3.05) is 13.1 Å². The SMILES string of the molecule is CCCN(CCC)C(=S)N/N=C(\C)c1ccccn1. The molecule has 0 bridgehead atoms. The molecule has 1 aromatic heterocycles. The molecule has 0 unspecified atom stereocenters. The molecule has 0 aromatic carbocycles. The van der Waals surface area contributed by atoms with E-state index in [0.717, 1.165) is 37.3 Å². The highest BCUT2D eigenvalue weighted by Crippen LogP contribution is 1.98. The van der Waals surface area contributed by atoms with Crippen molar-refractivity contribution >= 4 is 23.0 Å². The summed E-state index contributed by atoms with van der Waals surface area (Å²) in [6.45, 7) is 8.12. The number of hydrogen-bond donors (Lipinski definition) is 1. The van der Waals surface area contributed by atoms with Gasteiger partial charge in [-0.05, 0) is 44.1 Å². The van der Waals surface area contributed by atoms with E-state index in [1.54, 1.807) is 6.20 Å². The highest BCUT2D eigenvalue weighted by Gasteiger charge is 2.06. The van der Waals surface area contributed by atoms with Crippen LogP contribution in [0.3, 0.4) is 0 Å². The number of hydrogen-bond acceptors (Lipinski definition) is 3. The standard InChI is InChI=1S/C14H22N4S/c1-4-10-18(11-5-2)14(19)17-16-12(3)13-8-6-7-9-15-13/h6-9H,4-5,10-11H2,1-3H3,(H,17,19)/b16-12+. The van der Waals surface area contributed by atoms with E-state index in [1.165, 1.54) is 0 Å². The number of nitrogens with zero attached hydrogens (tertiary/aromatic N) is 3. The van der Waals surface area contributed by atoms with Gasteiger partial charge in [0.05, 0.1) is 11.4 Å². The molecule has 1 N–H and O–H groups in total. The Morgan fingerprint density at radius 1 is 1.32 bits per heavy atom. The monoisotopic (exact) mass is 278 g/mol. The van der Waals surface area contributed by atoms with Gasteiger partial charge in [-0.3, -0.25) is 10.4 Å². The van der Waals surface area contributed by atoms with Crippen molar-refractivity contribution in [3.05, 3.63) is 30.1 Å². The average Bonchev–Trinajstić information content (AvgIpc) is 2.45. The topological polar surface area (TPSA) is 40.5 Å². The molecule has 5 heteroatoms. The Hall–Kier alpha value is -1.49. The number of thiocarbonyl (C=S) groups is 1. The highest BCUT2D eigenvalue weighted by molar-refractivity contribution is 7.80. The molecule has 0 atom stereocenters. The summed E-state index contributed by atoms with van der Waals surface area (Å²) in [4.78, 5) is 6.39. The Labute approximate surface area is 120 Å². The molecule has 4 nitrogen and oxygen atoms in total. The molecule has 1 aromatic rings. The van der Waals surface area contributed by atoms with E-state index in [9.17, 15) is 0 Å². The molecule has 104 valence electrons. The van der Waals surface area contributed by atoms with Gasteiger partial charge in [-0.2, -0.15) is 5.10 Å². The zero-order valence-corrected chi connectivity index (χ0v) is 12.7. The zero-order chi connectivity index (χ0) is 14.1. The Bertz CT molecular complexity index is 411. The summed E-state index contributed by atoms with van der Waals surface area (Å²) in [5.74, 6) is 0. The molecule has 0 saturated heterocycles. The van der Waals surface area contributed by atoms with Crippen LogP contribution in [0.2, 0.25) is 0 Å². The minimum atomic E-state index is 0.680. The molecule has 0 radical (unpaired) electrons. The van der Waals surface area contributed by atoms with E-state index in [-0.39, 0.29) is 0 Å². The van der Waals surface area contributed by atoms with E-state index in [2.05, 4.69) is 34.3 Å². The van der Waals surface area contributed by atoms with Crippen LogP contribution >= 0.6 is 12.2 Å². The molecule has 0 spiro atoms. The number of hydrazone groups is 1. The summed E-state index contributed by atoms with van der Waals surface area (Å²) < 4.78 is 0. The Balaban J connectivity index is 2.61. The van der Waals surface area contributed by atoms with Gasteiger partial charge in [-0.1, -0.05) is 19.9 Å². The van der Waals surface area contributed by atoms with Gasteiger partial charge in [-0.15, -0.1) is 0 Å². The highest BCUT2D eigenvalue weighted by atomic mass is 32.1. The maximum atomic E-state index is 5.36. The lowest BCUT2D eigenvalue weighted by atomic mass is 10.3. The van der Waals surface area contributed by atoms with Crippen LogP contribution in [-0.4, -0.2) is 33.8 Å². The van der Waals surface area contributed by atoms with E-state index in [0.29, 0.717) is 5.11 Å². The van der Waals surface area contributed by atoms with Crippen molar-refractivity contribution in [1.29, 1.82) is 0 Å². The van der Waals surface area contributed by atoms with Gasteiger partial charge in [0, 0.05) is 19.3 Å². The van der Waals surface area contributed by atoms with Crippen molar-refractivity contribution in [3.63, 3.8) is 0 Å². The van der Waals surface area contributed by atoms with E-state index < -0.39 is 0 Å². The quantitative estimate of drug-likeness (QED) is 0.493. The Morgan fingerprint density at radius 2 is 2.00 bits per heavy atom. The largest absolute Gasteiger partial charge is 0.348 e. The predicted octanol–water partition coefficient (Wildman–Crippen LogP) is 2.80. The lowest BCUT2D eigenvalue weighted by Gasteiger charge is -2.23. The van der Waals surface area contributed by atoms with E-state index >= 15 is 0 Å². The van der Waals surface area contributed by atoms with Crippen molar-refractivity contribution in [3.8, 4) is 0 Å². The number of aromatic nitrogens is 1. The van der Waals surface area contributed by atoms with Gasteiger partial charge in [0.2, 0.25) is 0 Å². The molecule has 1 rings (SSSR count). The van der Waals surface area contributed by atoms with Crippen LogP contribution in [0.5, 0.6) is 0 Å². The molecule has 0 aliphatic rings. The molecular weight excluding hydrogens is 256 g/mol. The average molecular weight is 278 g/mol. The van der Waals surface area contributed by atoms with Crippen molar-refractivity contribution in [1.82, 2.24) is 15.3 Å². The fraction of sp³-hybridized carbons (Fsp3) is 0.500. The maximum absolute atomic E-state index is 5.36. The van der Waals surface area contributed by atoms with Crippen LogP contribution < -0.4 is 5.43 Å². The third kappa shape index (κ3) is 5.34. The molecule has 0 amide bonds. The van der Waals surface area contributed by atoms with Crippen LogP contribution in [0, 0.1) is 0 Å². The molecule has 1 heterocycles. The van der Waals surface area contributed by atoms with Gasteiger partial charge in [0.25, 0.3) is 0 Å². The van der Waals surface area contributed by atoms with Crippen LogP contribution in [-0.2, 0) is 0 Å². The minimum absolute atomic E-state index is 0.680. The van der Waals surface area contributed by atoms with Crippen LogP contribution in [0.1, 0.15) is 39.3 Å². The third-order valence-corrected chi connectivity index (χ3v) is 2.98. The maximum Gasteiger partial charge on any atom is 0.189 e. The second kappa shape index (κ2) is 8.58. The fourth-order valence-corrected chi connectivity index (χ4v) is 1.92. The van der Waals surface area contributed by atoms with Crippen molar-refractivity contribution in [2.45, 2.75) is 33.6 Å². The molecular formula is C14H22N4S. The summed E-state index contributed by atoms with van der Waals surface area (Å²) >= 11 is 5.36. The van der Waals surface area contributed by atoms with Gasteiger partial charge in [0.1, 0.15) is 0 Å². The van der Waals surface area contributed by atoms with Crippen molar-refractivity contribution in [2.24, 2.45) is 5.10 Å². The van der Waals surface area contributed by atoms with Gasteiger partial charge in [-0.25, -0.2) is 0 Å².